The van der Waals surface area contributed by atoms with E-state index in [-0.39, 0.29) is 41.7 Å². The number of imidazole rings is 1. The average molecular weight is 568 g/mol. The molecule has 6 N–H and O–H groups in total. The minimum Gasteiger partial charge on any atom is -0.353 e. The molecule has 3 aliphatic rings. The number of aromatic nitrogens is 4. The predicted molar refractivity (Wildman–Crippen MR) is 154 cm³/mol. The molecule has 1 aromatic carbocycles. The number of hydrogen-bond acceptors (Lipinski definition) is 8. The Morgan fingerprint density at radius 1 is 0.951 bits per heavy atom. The SMILES string of the molecule is N[C@H]1CC[C@H](Nc2ncc3nc(Nc4ccc(F)cc4F)n([C@H]4CC[C@@H](C(=O)NC5CCNCC5)CC4)c3n2)CC1. The van der Waals surface area contributed by atoms with Gasteiger partial charge in [0.1, 0.15) is 17.2 Å². The molecule has 0 bridgehead atoms. The summed E-state index contributed by atoms with van der Waals surface area (Å²) in [5.74, 6) is -0.305. The Labute approximate surface area is 238 Å². The zero-order valence-electron chi connectivity index (χ0n) is 23.2. The Kier molecular flexibility index (Phi) is 8.29. The van der Waals surface area contributed by atoms with Gasteiger partial charge in [0.25, 0.3) is 0 Å². The van der Waals surface area contributed by atoms with Gasteiger partial charge in [-0.1, -0.05) is 0 Å². The summed E-state index contributed by atoms with van der Waals surface area (Å²) in [5, 5.41) is 13.1. The zero-order chi connectivity index (χ0) is 28.3. The number of carbonyl (C=O) groups excluding carboxylic acids is 1. The van der Waals surface area contributed by atoms with E-state index in [4.69, 9.17) is 15.7 Å². The minimum absolute atomic E-state index is 0.00405. The van der Waals surface area contributed by atoms with Gasteiger partial charge < -0.3 is 27.0 Å². The Morgan fingerprint density at radius 2 is 1.71 bits per heavy atom. The second-order valence-corrected chi connectivity index (χ2v) is 11.8. The van der Waals surface area contributed by atoms with Gasteiger partial charge in [0, 0.05) is 36.2 Å². The van der Waals surface area contributed by atoms with Crippen molar-refractivity contribution in [3.8, 4) is 0 Å². The largest absolute Gasteiger partial charge is 0.353 e. The molecule has 0 radical (unpaired) electrons. The monoisotopic (exact) mass is 567 g/mol. The highest BCUT2D eigenvalue weighted by Crippen LogP contribution is 2.37. The van der Waals surface area contributed by atoms with Crippen LogP contribution in [0.3, 0.4) is 0 Å². The number of fused-ring (bicyclic) bond motifs is 1. The lowest BCUT2D eigenvalue weighted by Crippen LogP contribution is -2.45. The van der Waals surface area contributed by atoms with E-state index in [0.29, 0.717) is 23.1 Å². The second-order valence-electron chi connectivity index (χ2n) is 11.8. The molecule has 2 aliphatic carbocycles. The smallest absolute Gasteiger partial charge is 0.224 e. The number of halogens is 2. The lowest BCUT2D eigenvalue weighted by atomic mass is 9.85. The topological polar surface area (TPSA) is 135 Å². The zero-order valence-corrected chi connectivity index (χ0v) is 23.2. The van der Waals surface area contributed by atoms with Crippen molar-refractivity contribution < 1.29 is 13.6 Å². The van der Waals surface area contributed by atoms with E-state index >= 15 is 0 Å². The first-order valence-electron chi connectivity index (χ1n) is 14.9. The highest BCUT2D eigenvalue weighted by Gasteiger charge is 2.31. The van der Waals surface area contributed by atoms with Crippen molar-refractivity contribution in [3.63, 3.8) is 0 Å². The van der Waals surface area contributed by atoms with Crippen molar-refractivity contribution in [3.05, 3.63) is 36.0 Å². The number of benzene rings is 1. The summed E-state index contributed by atoms with van der Waals surface area (Å²) in [5.41, 5.74) is 7.42. The molecule has 0 atom stereocenters. The number of nitrogens with zero attached hydrogens (tertiary/aromatic N) is 4. The van der Waals surface area contributed by atoms with Crippen LogP contribution < -0.4 is 27.0 Å². The molecule has 3 aromatic rings. The fourth-order valence-corrected chi connectivity index (χ4v) is 6.43. The maximum atomic E-state index is 14.6. The molecular weight excluding hydrogens is 528 g/mol. The summed E-state index contributed by atoms with van der Waals surface area (Å²) in [4.78, 5) is 27.1. The number of hydrogen-bond donors (Lipinski definition) is 5. The standard InChI is InChI=1S/C29H39F2N9O/c30-18-3-10-24(23(31)15-18)37-29-38-25-16-34-28(36-20-6-4-19(32)5-7-20)39-26(25)40(29)22-8-1-17(2-9-22)27(41)35-21-11-13-33-14-12-21/h3,10,15-17,19-22,33H,1-2,4-9,11-14,32H2,(H,35,41)(H,37,38)(H,34,36,39)/t17-,19-,20-,22+. The van der Waals surface area contributed by atoms with Gasteiger partial charge in [0.05, 0.1) is 11.9 Å². The van der Waals surface area contributed by atoms with Crippen LogP contribution in [-0.4, -0.2) is 56.6 Å². The van der Waals surface area contributed by atoms with E-state index in [0.717, 1.165) is 83.4 Å². The molecule has 6 rings (SSSR count). The van der Waals surface area contributed by atoms with E-state index in [2.05, 4.69) is 26.3 Å². The second kappa shape index (κ2) is 12.2. The molecule has 10 nitrogen and oxygen atoms in total. The van der Waals surface area contributed by atoms with E-state index in [1.54, 1.807) is 6.20 Å². The first kappa shape index (κ1) is 27.8. The van der Waals surface area contributed by atoms with E-state index in [1.165, 1.54) is 12.1 Å². The van der Waals surface area contributed by atoms with E-state index < -0.39 is 11.6 Å². The molecule has 3 fully saturated rings. The molecule has 1 amide bonds. The van der Waals surface area contributed by atoms with Gasteiger partial charge in [-0.05, 0) is 89.4 Å². The van der Waals surface area contributed by atoms with Gasteiger partial charge in [-0.3, -0.25) is 9.36 Å². The van der Waals surface area contributed by atoms with Crippen LogP contribution in [0.15, 0.2) is 24.4 Å². The van der Waals surface area contributed by atoms with Crippen molar-refractivity contribution in [1.29, 1.82) is 0 Å². The highest BCUT2D eigenvalue weighted by molar-refractivity contribution is 5.79. The van der Waals surface area contributed by atoms with E-state index in [1.807, 2.05) is 4.57 Å². The van der Waals surface area contributed by atoms with Gasteiger partial charge in [0.2, 0.25) is 17.8 Å². The van der Waals surface area contributed by atoms with Gasteiger partial charge in [-0.25, -0.2) is 18.7 Å². The molecule has 2 saturated carbocycles. The summed E-state index contributed by atoms with van der Waals surface area (Å²) >= 11 is 0. The number of piperidine rings is 1. The lowest BCUT2D eigenvalue weighted by Gasteiger charge is -2.31. The van der Waals surface area contributed by atoms with Crippen LogP contribution in [0.1, 0.15) is 70.3 Å². The van der Waals surface area contributed by atoms with Crippen LogP contribution in [0.5, 0.6) is 0 Å². The lowest BCUT2D eigenvalue weighted by molar-refractivity contribution is -0.127. The summed E-state index contributed by atoms with van der Waals surface area (Å²) < 4.78 is 30.2. The van der Waals surface area contributed by atoms with Crippen LogP contribution in [-0.2, 0) is 4.79 Å². The number of rotatable bonds is 7. The van der Waals surface area contributed by atoms with Crippen LogP contribution >= 0.6 is 0 Å². The first-order chi connectivity index (χ1) is 19.9. The third kappa shape index (κ3) is 6.43. The molecule has 1 aliphatic heterocycles. The Hall–Kier alpha value is -3.38. The van der Waals surface area contributed by atoms with Crippen LogP contribution in [0, 0.1) is 17.6 Å². The summed E-state index contributed by atoms with van der Waals surface area (Å²) in [6, 6.07) is 4.16. The third-order valence-corrected chi connectivity index (χ3v) is 8.83. The maximum Gasteiger partial charge on any atom is 0.224 e. The molecule has 1 saturated heterocycles. The predicted octanol–water partition coefficient (Wildman–Crippen LogP) is 4.13. The summed E-state index contributed by atoms with van der Waals surface area (Å²) in [6.45, 7) is 1.87. The van der Waals surface area contributed by atoms with Crippen molar-refractivity contribution in [2.45, 2.75) is 88.4 Å². The van der Waals surface area contributed by atoms with Gasteiger partial charge in [-0.15, -0.1) is 0 Å². The number of carbonyl (C=O) groups is 1. The molecule has 2 aromatic heterocycles. The first-order valence-corrected chi connectivity index (χ1v) is 14.9. The molecule has 0 spiro atoms. The molecule has 220 valence electrons. The third-order valence-electron chi connectivity index (χ3n) is 8.83. The normalized spacial score (nSPS) is 25.6. The number of anilines is 3. The molecule has 0 unspecified atom stereocenters. The fourth-order valence-electron chi connectivity index (χ4n) is 6.43. The highest BCUT2D eigenvalue weighted by atomic mass is 19.1. The quantitative estimate of drug-likeness (QED) is 0.288. The maximum absolute atomic E-state index is 14.6. The Balaban J connectivity index is 1.24. The van der Waals surface area contributed by atoms with Gasteiger partial charge in [0.15, 0.2) is 5.65 Å². The number of nitrogens with one attached hydrogen (secondary N) is 4. The van der Waals surface area contributed by atoms with Crippen molar-refractivity contribution in [2.75, 3.05) is 23.7 Å². The number of amides is 1. The van der Waals surface area contributed by atoms with Gasteiger partial charge >= 0.3 is 0 Å². The van der Waals surface area contributed by atoms with Crippen molar-refractivity contribution >= 4 is 34.7 Å². The Bertz CT molecular complexity index is 1360. The number of nitrogens with two attached hydrogens (primary N) is 1. The van der Waals surface area contributed by atoms with Crippen LogP contribution in [0.2, 0.25) is 0 Å². The molecule has 12 heteroatoms. The molecule has 3 heterocycles. The van der Waals surface area contributed by atoms with E-state index in [9.17, 15) is 13.6 Å². The molecule has 41 heavy (non-hydrogen) atoms. The Morgan fingerprint density at radius 3 is 2.44 bits per heavy atom. The molecular formula is C29H39F2N9O. The van der Waals surface area contributed by atoms with Gasteiger partial charge in [-0.2, -0.15) is 4.98 Å². The van der Waals surface area contributed by atoms with Crippen LogP contribution in [0.25, 0.3) is 11.2 Å². The summed E-state index contributed by atoms with van der Waals surface area (Å²) in [6.07, 6.45) is 10.4. The fraction of sp³-hybridized carbons (Fsp3) is 0.586. The van der Waals surface area contributed by atoms with Crippen LogP contribution in [0.4, 0.5) is 26.4 Å². The minimum atomic E-state index is -0.703. The summed E-state index contributed by atoms with van der Waals surface area (Å²) in [7, 11) is 0. The average Bonchev–Trinajstić information content (AvgIpc) is 3.33. The van der Waals surface area contributed by atoms with Crippen molar-refractivity contribution in [1.82, 2.24) is 30.2 Å². The van der Waals surface area contributed by atoms with Crippen molar-refractivity contribution in [2.24, 2.45) is 11.7 Å².